The molecule has 0 heterocycles. The third kappa shape index (κ3) is 4.93. The summed E-state index contributed by atoms with van der Waals surface area (Å²) >= 11 is 0. The lowest BCUT2D eigenvalue weighted by Crippen LogP contribution is -2.11. The van der Waals surface area contributed by atoms with Gasteiger partial charge in [-0.2, -0.15) is 0 Å². The Hall–Kier alpha value is -1.51. The zero-order valence-electron chi connectivity index (χ0n) is 12.5. The number of benzene rings is 1. The van der Waals surface area contributed by atoms with Gasteiger partial charge in [0.1, 0.15) is 11.5 Å². The van der Waals surface area contributed by atoms with Crippen LogP contribution in [0.4, 0.5) is 0 Å². The normalized spacial score (nSPS) is 10.9. The SMILES string of the molecule is CCCC(=O)c1cc(OC(C)C)ccc1OC(C)C. The van der Waals surface area contributed by atoms with Gasteiger partial charge in [0.05, 0.1) is 17.8 Å². The molecule has 1 aromatic rings. The summed E-state index contributed by atoms with van der Waals surface area (Å²) in [6.45, 7) is 9.83. The Bertz CT molecular complexity index is 422. The van der Waals surface area contributed by atoms with Crippen molar-refractivity contribution in [2.45, 2.75) is 59.7 Å². The predicted molar refractivity (Wildman–Crippen MR) is 77.2 cm³/mol. The van der Waals surface area contributed by atoms with Crippen molar-refractivity contribution >= 4 is 5.78 Å². The van der Waals surface area contributed by atoms with Crippen molar-refractivity contribution in [3.63, 3.8) is 0 Å². The molecular weight excluding hydrogens is 240 g/mol. The van der Waals surface area contributed by atoms with Crippen molar-refractivity contribution in [2.75, 3.05) is 0 Å². The molecule has 106 valence electrons. The van der Waals surface area contributed by atoms with Crippen molar-refractivity contribution in [1.29, 1.82) is 0 Å². The standard InChI is InChI=1S/C16H24O3/c1-6-7-15(17)14-10-13(18-11(2)3)8-9-16(14)19-12(4)5/h8-12H,6-7H2,1-5H3. The van der Waals surface area contributed by atoms with Gasteiger partial charge in [-0.1, -0.05) is 6.92 Å². The third-order valence-corrected chi connectivity index (χ3v) is 2.46. The fraction of sp³-hybridized carbons (Fsp3) is 0.562. The molecule has 1 aromatic carbocycles. The molecule has 0 spiro atoms. The molecule has 0 bridgehead atoms. The summed E-state index contributed by atoms with van der Waals surface area (Å²) in [5.74, 6) is 1.46. The Morgan fingerprint density at radius 1 is 1.11 bits per heavy atom. The maximum Gasteiger partial charge on any atom is 0.166 e. The molecule has 0 aliphatic heterocycles. The number of hydrogen-bond acceptors (Lipinski definition) is 3. The van der Waals surface area contributed by atoms with E-state index in [-0.39, 0.29) is 18.0 Å². The first kappa shape index (κ1) is 15.5. The van der Waals surface area contributed by atoms with Gasteiger partial charge in [-0.15, -0.1) is 0 Å². The summed E-state index contributed by atoms with van der Waals surface area (Å²) in [5, 5.41) is 0. The van der Waals surface area contributed by atoms with Crippen LogP contribution in [0, 0.1) is 0 Å². The van der Waals surface area contributed by atoms with E-state index < -0.39 is 0 Å². The summed E-state index contributed by atoms with van der Waals surface area (Å²) in [4.78, 5) is 12.1. The van der Waals surface area contributed by atoms with Gasteiger partial charge < -0.3 is 9.47 Å². The molecule has 0 aliphatic rings. The third-order valence-electron chi connectivity index (χ3n) is 2.46. The van der Waals surface area contributed by atoms with Crippen LogP contribution in [0.15, 0.2) is 18.2 Å². The van der Waals surface area contributed by atoms with Crippen LogP contribution in [0.5, 0.6) is 11.5 Å². The van der Waals surface area contributed by atoms with Gasteiger partial charge in [0.25, 0.3) is 0 Å². The summed E-state index contributed by atoms with van der Waals surface area (Å²) in [6.07, 6.45) is 1.49. The van der Waals surface area contributed by atoms with Gasteiger partial charge in [-0.3, -0.25) is 4.79 Å². The molecule has 1 rings (SSSR count). The average Bonchev–Trinajstić information content (AvgIpc) is 2.30. The zero-order valence-corrected chi connectivity index (χ0v) is 12.5. The van der Waals surface area contributed by atoms with Crippen molar-refractivity contribution in [2.24, 2.45) is 0 Å². The fourth-order valence-corrected chi connectivity index (χ4v) is 1.79. The highest BCUT2D eigenvalue weighted by atomic mass is 16.5. The number of hydrogen-bond donors (Lipinski definition) is 0. The van der Waals surface area contributed by atoms with Gasteiger partial charge in [0.15, 0.2) is 5.78 Å². The Balaban J connectivity index is 3.06. The highest BCUT2D eigenvalue weighted by molar-refractivity contribution is 5.99. The predicted octanol–water partition coefficient (Wildman–Crippen LogP) is 4.24. The first-order valence-electron chi connectivity index (χ1n) is 6.94. The lowest BCUT2D eigenvalue weighted by Gasteiger charge is -2.16. The monoisotopic (exact) mass is 264 g/mol. The van der Waals surface area contributed by atoms with Crippen LogP contribution < -0.4 is 9.47 Å². The molecule has 19 heavy (non-hydrogen) atoms. The minimum Gasteiger partial charge on any atom is -0.491 e. The van der Waals surface area contributed by atoms with Gasteiger partial charge in [0.2, 0.25) is 0 Å². The van der Waals surface area contributed by atoms with E-state index in [2.05, 4.69) is 0 Å². The number of ether oxygens (including phenoxy) is 2. The Morgan fingerprint density at radius 2 is 1.74 bits per heavy atom. The molecule has 0 radical (unpaired) electrons. The van der Waals surface area contributed by atoms with Gasteiger partial charge >= 0.3 is 0 Å². The second kappa shape index (κ2) is 7.17. The maximum absolute atomic E-state index is 12.1. The van der Waals surface area contributed by atoms with Crippen molar-refractivity contribution in [3.8, 4) is 11.5 Å². The molecule has 0 N–H and O–H groups in total. The highest BCUT2D eigenvalue weighted by Crippen LogP contribution is 2.27. The molecule has 0 aromatic heterocycles. The van der Waals surface area contributed by atoms with E-state index in [0.29, 0.717) is 23.5 Å². The molecule has 3 heteroatoms. The van der Waals surface area contributed by atoms with Crippen LogP contribution in [-0.4, -0.2) is 18.0 Å². The topological polar surface area (TPSA) is 35.5 Å². The largest absolute Gasteiger partial charge is 0.491 e. The zero-order chi connectivity index (χ0) is 14.4. The summed E-state index contributed by atoms with van der Waals surface area (Å²) in [7, 11) is 0. The quantitative estimate of drug-likeness (QED) is 0.691. The fourth-order valence-electron chi connectivity index (χ4n) is 1.79. The highest BCUT2D eigenvalue weighted by Gasteiger charge is 2.14. The van der Waals surface area contributed by atoms with Crippen LogP contribution in [0.2, 0.25) is 0 Å². The van der Waals surface area contributed by atoms with Gasteiger partial charge in [-0.05, 0) is 52.3 Å². The number of carbonyl (C=O) groups is 1. The molecule has 0 aliphatic carbocycles. The van der Waals surface area contributed by atoms with E-state index in [1.807, 2.05) is 46.8 Å². The van der Waals surface area contributed by atoms with Crippen LogP contribution in [-0.2, 0) is 0 Å². The molecule has 0 amide bonds. The molecule has 0 atom stereocenters. The minimum atomic E-state index is 0.0463. The van der Waals surface area contributed by atoms with Crippen molar-refractivity contribution in [3.05, 3.63) is 23.8 Å². The lowest BCUT2D eigenvalue weighted by atomic mass is 10.1. The molecule has 0 saturated carbocycles. The molecule has 0 fully saturated rings. The Morgan fingerprint density at radius 3 is 2.26 bits per heavy atom. The second-order valence-electron chi connectivity index (χ2n) is 5.16. The number of Topliss-reactive ketones (excluding diaryl/α,β-unsaturated/α-hetero) is 1. The van der Waals surface area contributed by atoms with Gasteiger partial charge in [0, 0.05) is 6.42 Å². The van der Waals surface area contributed by atoms with E-state index in [9.17, 15) is 4.79 Å². The van der Waals surface area contributed by atoms with E-state index in [1.165, 1.54) is 0 Å². The van der Waals surface area contributed by atoms with Crippen molar-refractivity contribution in [1.82, 2.24) is 0 Å². The first-order valence-corrected chi connectivity index (χ1v) is 6.94. The van der Waals surface area contributed by atoms with Crippen LogP contribution >= 0.6 is 0 Å². The van der Waals surface area contributed by atoms with Crippen LogP contribution in [0.25, 0.3) is 0 Å². The summed E-state index contributed by atoms with van der Waals surface area (Å²) in [5.41, 5.74) is 0.619. The number of ketones is 1. The molecule has 0 unspecified atom stereocenters. The lowest BCUT2D eigenvalue weighted by molar-refractivity contribution is 0.0975. The molecule has 3 nitrogen and oxygen atoms in total. The minimum absolute atomic E-state index is 0.0463. The first-order chi connectivity index (χ1) is 8.93. The van der Waals surface area contributed by atoms with Crippen molar-refractivity contribution < 1.29 is 14.3 Å². The second-order valence-corrected chi connectivity index (χ2v) is 5.16. The van der Waals surface area contributed by atoms with Gasteiger partial charge in [-0.25, -0.2) is 0 Å². The Labute approximate surface area is 115 Å². The van der Waals surface area contributed by atoms with Crippen LogP contribution in [0.3, 0.4) is 0 Å². The Kier molecular flexibility index (Phi) is 5.87. The van der Waals surface area contributed by atoms with E-state index in [4.69, 9.17) is 9.47 Å². The number of carbonyl (C=O) groups excluding carboxylic acids is 1. The smallest absolute Gasteiger partial charge is 0.166 e. The van der Waals surface area contributed by atoms with E-state index in [1.54, 1.807) is 6.07 Å². The number of rotatable bonds is 7. The summed E-state index contributed by atoms with van der Waals surface area (Å²) < 4.78 is 11.3. The summed E-state index contributed by atoms with van der Waals surface area (Å²) in [6, 6.07) is 5.46. The maximum atomic E-state index is 12.1. The van der Waals surface area contributed by atoms with E-state index >= 15 is 0 Å². The van der Waals surface area contributed by atoms with E-state index in [0.717, 1.165) is 6.42 Å². The van der Waals surface area contributed by atoms with Crippen LogP contribution in [0.1, 0.15) is 57.8 Å². The molecule has 0 saturated heterocycles. The molecular formula is C16H24O3. The average molecular weight is 264 g/mol.